The molecule has 2 aliphatic rings. The van der Waals surface area contributed by atoms with Crippen molar-refractivity contribution in [1.29, 1.82) is 0 Å². The quantitative estimate of drug-likeness (QED) is 0.835. The molecule has 0 radical (unpaired) electrons. The number of nitrogens with two attached hydrogens (primary N) is 1. The van der Waals surface area contributed by atoms with Crippen molar-refractivity contribution in [3.8, 4) is 0 Å². The Bertz CT molecular complexity index is 732. The van der Waals surface area contributed by atoms with Gasteiger partial charge in [-0.15, -0.1) is 0 Å². The largest absolute Gasteiger partial charge is 0.378 e. The normalized spacial score (nSPS) is 20.1. The molecule has 1 aromatic carbocycles. The first-order chi connectivity index (χ1) is 11.9. The Morgan fingerprint density at radius 2 is 1.92 bits per heavy atom. The van der Waals surface area contributed by atoms with Crippen LogP contribution in [0.15, 0.2) is 34.2 Å². The van der Waals surface area contributed by atoms with Crippen LogP contribution < -0.4 is 10.6 Å². The van der Waals surface area contributed by atoms with Crippen LogP contribution in [0.1, 0.15) is 18.4 Å². The number of rotatable bonds is 3. The standard InChI is InChI=1S/C18H22N4O2S/c1-21(2)14-5-3-12(4-6-14)11-15-17(24)20-18(25-15)22-9-7-13(8-10-22)16(19)23/h3-6,11,13H,7-10H2,1-2H3,(H2,19,23)/b15-11+. The van der Waals surface area contributed by atoms with Gasteiger partial charge in [0.25, 0.3) is 5.91 Å². The maximum Gasteiger partial charge on any atom is 0.286 e. The molecule has 0 bridgehead atoms. The number of amides is 2. The van der Waals surface area contributed by atoms with Crippen molar-refractivity contribution in [2.75, 3.05) is 32.1 Å². The summed E-state index contributed by atoms with van der Waals surface area (Å²) >= 11 is 1.40. The number of hydrogen-bond donors (Lipinski definition) is 1. The molecule has 1 fully saturated rings. The molecule has 1 saturated heterocycles. The fourth-order valence-corrected chi connectivity index (χ4v) is 3.87. The first-order valence-corrected chi connectivity index (χ1v) is 9.10. The number of carbonyl (C=O) groups excluding carboxylic acids is 2. The topological polar surface area (TPSA) is 79.0 Å². The Morgan fingerprint density at radius 3 is 2.48 bits per heavy atom. The van der Waals surface area contributed by atoms with Gasteiger partial charge in [-0.3, -0.25) is 9.59 Å². The van der Waals surface area contributed by atoms with Crippen molar-refractivity contribution in [3.63, 3.8) is 0 Å². The summed E-state index contributed by atoms with van der Waals surface area (Å²) in [6, 6.07) is 8.03. The first kappa shape index (κ1) is 17.5. The van der Waals surface area contributed by atoms with Gasteiger partial charge in [0.15, 0.2) is 5.17 Å². The Labute approximate surface area is 151 Å². The third kappa shape index (κ3) is 4.04. The average Bonchev–Trinajstić information content (AvgIpc) is 2.96. The number of primary amides is 1. The summed E-state index contributed by atoms with van der Waals surface area (Å²) in [5, 5.41) is 0.726. The van der Waals surface area contributed by atoms with Crippen molar-refractivity contribution < 1.29 is 9.59 Å². The second-order valence-corrected chi connectivity index (χ2v) is 7.47. The smallest absolute Gasteiger partial charge is 0.286 e. The zero-order valence-corrected chi connectivity index (χ0v) is 15.3. The maximum absolute atomic E-state index is 12.2. The van der Waals surface area contributed by atoms with Crippen LogP contribution in [-0.4, -0.2) is 49.1 Å². The van der Waals surface area contributed by atoms with Crippen molar-refractivity contribution in [2.45, 2.75) is 12.8 Å². The number of piperidine rings is 1. The van der Waals surface area contributed by atoms with Gasteiger partial charge in [-0.2, -0.15) is 4.99 Å². The molecule has 0 unspecified atom stereocenters. The highest BCUT2D eigenvalue weighted by atomic mass is 32.2. The summed E-state index contributed by atoms with van der Waals surface area (Å²) < 4.78 is 0. The van der Waals surface area contributed by atoms with Gasteiger partial charge in [-0.1, -0.05) is 12.1 Å². The summed E-state index contributed by atoms with van der Waals surface area (Å²) in [6.07, 6.45) is 3.31. The molecule has 2 N–H and O–H groups in total. The lowest BCUT2D eigenvalue weighted by atomic mass is 9.97. The molecule has 0 saturated carbocycles. The third-order valence-corrected chi connectivity index (χ3v) is 5.53. The first-order valence-electron chi connectivity index (χ1n) is 8.28. The minimum absolute atomic E-state index is 0.0656. The highest BCUT2D eigenvalue weighted by Crippen LogP contribution is 2.32. The van der Waals surface area contributed by atoms with Gasteiger partial charge in [-0.05, 0) is 48.4 Å². The molecule has 7 heteroatoms. The molecule has 2 amide bonds. The number of likely N-dealkylation sites (tertiary alicyclic amines) is 1. The number of amidine groups is 1. The minimum Gasteiger partial charge on any atom is -0.378 e. The Morgan fingerprint density at radius 1 is 1.28 bits per heavy atom. The van der Waals surface area contributed by atoms with Crippen LogP contribution in [0.25, 0.3) is 6.08 Å². The molecular formula is C18H22N4O2S. The number of anilines is 1. The molecule has 25 heavy (non-hydrogen) atoms. The van der Waals surface area contributed by atoms with E-state index in [1.165, 1.54) is 11.8 Å². The summed E-state index contributed by atoms with van der Waals surface area (Å²) in [4.78, 5) is 32.4. The van der Waals surface area contributed by atoms with E-state index in [4.69, 9.17) is 5.73 Å². The van der Waals surface area contributed by atoms with E-state index in [1.807, 2.05) is 49.3 Å². The van der Waals surface area contributed by atoms with Crippen LogP contribution in [0.5, 0.6) is 0 Å². The molecule has 2 heterocycles. The predicted molar refractivity (Wildman–Crippen MR) is 102 cm³/mol. The molecule has 0 atom stereocenters. The van der Waals surface area contributed by atoms with Crippen molar-refractivity contribution >= 4 is 40.5 Å². The monoisotopic (exact) mass is 358 g/mol. The summed E-state index contributed by atoms with van der Waals surface area (Å²) in [5.74, 6) is -0.503. The van der Waals surface area contributed by atoms with E-state index >= 15 is 0 Å². The van der Waals surface area contributed by atoms with E-state index in [9.17, 15) is 9.59 Å². The molecule has 2 aliphatic heterocycles. The number of benzene rings is 1. The van der Waals surface area contributed by atoms with Crippen molar-refractivity contribution in [3.05, 3.63) is 34.7 Å². The van der Waals surface area contributed by atoms with E-state index in [0.717, 1.165) is 16.4 Å². The van der Waals surface area contributed by atoms with Gasteiger partial charge in [0, 0.05) is 38.8 Å². The molecule has 0 spiro atoms. The van der Waals surface area contributed by atoms with Crippen LogP contribution >= 0.6 is 11.8 Å². The van der Waals surface area contributed by atoms with Gasteiger partial charge < -0.3 is 15.5 Å². The molecule has 6 nitrogen and oxygen atoms in total. The summed E-state index contributed by atoms with van der Waals surface area (Å²) in [6.45, 7) is 1.41. The van der Waals surface area contributed by atoms with Gasteiger partial charge in [0.1, 0.15) is 0 Å². The van der Waals surface area contributed by atoms with Crippen LogP contribution in [0, 0.1) is 5.92 Å². The molecular weight excluding hydrogens is 336 g/mol. The minimum atomic E-state index is -0.238. The molecule has 1 aromatic rings. The fourth-order valence-electron chi connectivity index (χ4n) is 2.91. The SMILES string of the molecule is CN(C)c1ccc(/C=C2/SC(N3CCC(C(N)=O)CC3)=NC2=O)cc1. The van der Waals surface area contributed by atoms with Crippen LogP contribution in [0.3, 0.4) is 0 Å². The molecule has 3 rings (SSSR count). The number of carbonyl (C=O) groups is 2. The maximum atomic E-state index is 12.2. The molecule has 0 aliphatic carbocycles. The van der Waals surface area contributed by atoms with Crippen molar-refractivity contribution in [2.24, 2.45) is 16.6 Å². The zero-order valence-electron chi connectivity index (χ0n) is 14.4. The highest BCUT2D eigenvalue weighted by molar-refractivity contribution is 8.18. The van der Waals surface area contributed by atoms with E-state index in [1.54, 1.807) is 0 Å². The van der Waals surface area contributed by atoms with Crippen LogP contribution in [0.2, 0.25) is 0 Å². The average molecular weight is 358 g/mol. The number of hydrogen-bond acceptors (Lipinski definition) is 5. The highest BCUT2D eigenvalue weighted by Gasteiger charge is 2.30. The number of aliphatic imine (C=N–C) groups is 1. The van der Waals surface area contributed by atoms with Gasteiger partial charge >= 0.3 is 0 Å². The lowest BCUT2D eigenvalue weighted by molar-refractivity contribution is -0.123. The molecule has 132 valence electrons. The zero-order chi connectivity index (χ0) is 18.0. The Kier molecular flexibility index (Phi) is 5.13. The van der Waals surface area contributed by atoms with Crippen LogP contribution in [-0.2, 0) is 9.59 Å². The lowest BCUT2D eigenvalue weighted by Gasteiger charge is -2.31. The molecule has 0 aromatic heterocycles. The van der Waals surface area contributed by atoms with Crippen molar-refractivity contribution in [1.82, 2.24) is 4.90 Å². The van der Waals surface area contributed by atoms with Gasteiger partial charge in [0.05, 0.1) is 4.91 Å². The summed E-state index contributed by atoms with van der Waals surface area (Å²) in [7, 11) is 3.98. The Balaban J connectivity index is 1.65. The van der Waals surface area contributed by atoms with Gasteiger partial charge in [-0.25, -0.2) is 0 Å². The van der Waals surface area contributed by atoms with E-state index in [-0.39, 0.29) is 17.7 Å². The second-order valence-electron chi connectivity index (χ2n) is 6.46. The number of nitrogens with zero attached hydrogens (tertiary/aromatic N) is 3. The fraction of sp³-hybridized carbons (Fsp3) is 0.389. The third-order valence-electron chi connectivity index (χ3n) is 4.48. The van der Waals surface area contributed by atoms with Crippen LogP contribution in [0.4, 0.5) is 5.69 Å². The van der Waals surface area contributed by atoms with E-state index in [0.29, 0.717) is 30.8 Å². The Hall–Kier alpha value is -2.28. The van der Waals surface area contributed by atoms with Gasteiger partial charge in [0.2, 0.25) is 5.91 Å². The van der Waals surface area contributed by atoms with E-state index < -0.39 is 0 Å². The summed E-state index contributed by atoms with van der Waals surface area (Å²) in [5.41, 5.74) is 7.46. The van der Waals surface area contributed by atoms with E-state index in [2.05, 4.69) is 9.89 Å². The predicted octanol–water partition coefficient (Wildman–Crippen LogP) is 1.92. The lowest BCUT2D eigenvalue weighted by Crippen LogP contribution is -2.40. The number of thioether (sulfide) groups is 1. The second kappa shape index (κ2) is 7.31.